The number of aromatic amines is 1. The molecule has 0 amide bonds. The van der Waals surface area contributed by atoms with Crippen LogP contribution in [0.1, 0.15) is 68.1 Å². The summed E-state index contributed by atoms with van der Waals surface area (Å²) < 4.78 is 6.16. The Labute approximate surface area is 148 Å². The first-order chi connectivity index (χ1) is 11.8. The number of hydrogen-bond acceptors (Lipinski definition) is 3. The van der Waals surface area contributed by atoms with E-state index in [0.29, 0.717) is 10.2 Å². The summed E-state index contributed by atoms with van der Waals surface area (Å²) in [7, 11) is 0. The van der Waals surface area contributed by atoms with Gasteiger partial charge in [0.15, 0.2) is 0 Å². The molecule has 0 atom stereocenters. The molecule has 0 spiro atoms. The number of nitriles is 1. The molecule has 0 radical (unpaired) electrons. The summed E-state index contributed by atoms with van der Waals surface area (Å²) in [6, 6.07) is 6.20. The standard InChI is InChI=1S/C20H24N2OS/c21-14-17-15-10-7-5-3-1-2-4-6-8-11-16(15)19(22-20(17)24)18-12-9-13-23-18/h9,12-13H,1-8,10-11H2,(H,22,24). The maximum atomic E-state index is 9.62. The Kier molecular flexibility index (Phi) is 5.87. The van der Waals surface area contributed by atoms with E-state index in [1.54, 1.807) is 6.26 Å². The van der Waals surface area contributed by atoms with Crippen LogP contribution in [0, 0.1) is 16.0 Å². The molecule has 0 aliphatic heterocycles. The third kappa shape index (κ3) is 3.79. The average molecular weight is 340 g/mol. The number of H-pyrrole nitrogens is 1. The van der Waals surface area contributed by atoms with E-state index in [4.69, 9.17) is 16.6 Å². The highest BCUT2D eigenvalue weighted by molar-refractivity contribution is 7.71. The summed E-state index contributed by atoms with van der Waals surface area (Å²) in [6.45, 7) is 0. The lowest BCUT2D eigenvalue weighted by Crippen LogP contribution is -2.06. The quantitative estimate of drug-likeness (QED) is 0.639. The highest BCUT2D eigenvalue weighted by atomic mass is 32.1. The third-order valence-corrected chi connectivity index (χ3v) is 5.22. The van der Waals surface area contributed by atoms with Gasteiger partial charge in [0.1, 0.15) is 16.5 Å². The third-order valence-electron chi connectivity index (χ3n) is 4.92. The van der Waals surface area contributed by atoms with Crippen molar-refractivity contribution in [2.24, 2.45) is 0 Å². The summed E-state index contributed by atoms with van der Waals surface area (Å²) in [4.78, 5) is 3.27. The zero-order chi connectivity index (χ0) is 16.8. The fourth-order valence-corrected chi connectivity index (χ4v) is 3.93. The van der Waals surface area contributed by atoms with Crippen LogP contribution in [0.2, 0.25) is 0 Å². The molecular weight excluding hydrogens is 316 g/mol. The Bertz CT molecular complexity index is 768. The highest BCUT2D eigenvalue weighted by Gasteiger charge is 2.18. The lowest BCUT2D eigenvalue weighted by molar-refractivity contribution is 0.556. The summed E-state index contributed by atoms with van der Waals surface area (Å²) in [5, 5.41) is 9.62. The molecule has 0 saturated heterocycles. The number of rotatable bonds is 1. The molecule has 3 rings (SSSR count). The fourth-order valence-electron chi connectivity index (χ4n) is 3.66. The molecular formula is C20H24N2OS. The van der Waals surface area contributed by atoms with Crippen molar-refractivity contribution < 1.29 is 4.42 Å². The highest BCUT2D eigenvalue weighted by Crippen LogP contribution is 2.30. The molecule has 3 nitrogen and oxygen atoms in total. The van der Waals surface area contributed by atoms with Gasteiger partial charge in [0, 0.05) is 0 Å². The van der Waals surface area contributed by atoms with Gasteiger partial charge < -0.3 is 9.40 Å². The van der Waals surface area contributed by atoms with Gasteiger partial charge in [-0.15, -0.1) is 0 Å². The minimum absolute atomic E-state index is 0.537. The van der Waals surface area contributed by atoms with Crippen LogP contribution < -0.4 is 0 Å². The van der Waals surface area contributed by atoms with E-state index >= 15 is 0 Å². The van der Waals surface area contributed by atoms with Gasteiger partial charge in [-0.1, -0.05) is 50.7 Å². The molecule has 1 aliphatic rings. The Morgan fingerprint density at radius 2 is 1.58 bits per heavy atom. The Hall–Kier alpha value is -1.86. The van der Waals surface area contributed by atoms with Gasteiger partial charge in [0.25, 0.3) is 0 Å². The molecule has 4 heteroatoms. The fraction of sp³-hybridized carbons (Fsp3) is 0.500. The zero-order valence-corrected chi connectivity index (χ0v) is 14.9. The minimum atomic E-state index is 0.537. The van der Waals surface area contributed by atoms with Gasteiger partial charge >= 0.3 is 0 Å². The number of furan rings is 1. The lowest BCUT2D eigenvalue weighted by atomic mass is 9.91. The normalized spacial score (nSPS) is 16.5. The van der Waals surface area contributed by atoms with E-state index in [2.05, 4.69) is 11.1 Å². The maximum absolute atomic E-state index is 9.62. The summed E-state index contributed by atoms with van der Waals surface area (Å²) in [5.74, 6) is 0.814. The summed E-state index contributed by atoms with van der Waals surface area (Å²) in [6.07, 6.45) is 13.6. The van der Waals surface area contributed by atoms with Crippen LogP contribution in [-0.4, -0.2) is 4.98 Å². The van der Waals surface area contributed by atoms with Crippen molar-refractivity contribution in [1.82, 2.24) is 4.98 Å². The minimum Gasteiger partial charge on any atom is -0.463 e. The first-order valence-corrected chi connectivity index (χ1v) is 9.44. The molecule has 2 heterocycles. The maximum Gasteiger partial charge on any atom is 0.150 e. The van der Waals surface area contributed by atoms with E-state index in [0.717, 1.165) is 42.7 Å². The van der Waals surface area contributed by atoms with E-state index in [1.807, 2.05) is 12.1 Å². The Morgan fingerprint density at radius 1 is 0.958 bits per heavy atom. The molecule has 126 valence electrons. The van der Waals surface area contributed by atoms with Crippen LogP contribution >= 0.6 is 12.2 Å². The molecule has 24 heavy (non-hydrogen) atoms. The van der Waals surface area contributed by atoms with E-state index in [9.17, 15) is 5.26 Å². The van der Waals surface area contributed by atoms with Crippen LogP contribution in [0.15, 0.2) is 22.8 Å². The van der Waals surface area contributed by atoms with Crippen molar-refractivity contribution in [3.8, 4) is 17.5 Å². The zero-order valence-electron chi connectivity index (χ0n) is 14.1. The second-order valence-electron chi connectivity index (χ2n) is 6.58. The smallest absolute Gasteiger partial charge is 0.150 e. The van der Waals surface area contributed by atoms with Gasteiger partial charge in [-0.3, -0.25) is 0 Å². The van der Waals surface area contributed by atoms with Crippen LogP contribution in [0.4, 0.5) is 0 Å². The van der Waals surface area contributed by atoms with Crippen molar-refractivity contribution in [2.45, 2.75) is 64.2 Å². The second kappa shape index (κ2) is 8.30. The van der Waals surface area contributed by atoms with Gasteiger partial charge in [-0.25, -0.2) is 0 Å². The van der Waals surface area contributed by atoms with Gasteiger partial charge in [0.05, 0.1) is 17.5 Å². The number of nitrogens with zero attached hydrogens (tertiary/aromatic N) is 1. The molecule has 1 N–H and O–H groups in total. The Morgan fingerprint density at radius 3 is 2.17 bits per heavy atom. The van der Waals surface area contributed by atoms with Gasteiger partial charge in [-0.2, -0.15) is 5.26 Å². The van der Waals surface area contributed by atoms with E-state index < -0.39 is 0 Å². The molecule has 0 fully saturated rings. The molecule has 0 aromatic carbocycles. The van der Waals surface area contributed by atoms with Crippen LogP contribution in [0.25, 0.3) is 11.5 Å². The van der Waals surface area contributed by atoms with Crippen molar-refractivity contribution in [2.75, 3.05) is 0 Å². The van der Waals surface area contributed by atoms with Crippen LogP contribution in [0.5, 0.6) is 0 Å². The van der Waals surface area contributed by atoms with Gasteiger partial charge in [0.2, 0.25) is 0 Å². The first kappa shape index (κ1) is 17.0. The van der Waals surface area contributed by atoms with Crippen molar-refractivity contribution in [1.29, 1.82) is 5.26 Å². The van der Waals surface area contributed by atoms with Crippen molar-refractivity contribution in [3.05, 3.63) is 39.7 Å². The molecule has 0 unspecified atom stereocenters. The monoisotopic (exact) mass is 340 g/mol. The summed E-state index contributed by atoms with van der Waals surface area (Å²) >= 11 is 5.47. The van der Waals surface area contributed by atoms with Crippen molar-refractivity contribution in [3.63, 3.8) is 0 Å². The van der Waals surface area contributed by atoms with Crippen LogP contribution in [-0.2, 0) is 12.8 Å². The number of hydrogen-bond donors (Lipinski definition) is 1. The van der Waals surface area contributed by atoms with E-state index in [-0.39, 0.29) is 0 Å². The summed E-state index contributed by atoms with van der Waals surface area (Å²) in [5.41, 5.74) is 4.01. The molecule has 2 aromatic heterocycles. The topological polar surface area (TPSA) is 52.7 Å². The van der Waals surface area contributed by atoms with Gasteiger partial charge in [-0.05, 0) is 48.9 Å². The average Bonchev–Trinajstić information content (AvgIpc) is 3.10. The largest absolute Gasteiger partial charge is 0.463 e. The first-order valence-electron chi connectivity index (χ1n) is 9.03. The SMILES string of the molecule is N#Cc1c2c(c(-c3ccco3)[nH]c1=S)CCCCCCCCCC2. The van der Waals surface area contributed by atoms with Crippen LogP contribution in [0.3, 0.4) is 0 Å². The number of pyridine rings is 1. The lowest BCUT2D eigenvalue weighted by Gasteiger charge is -2.17. The number of nitrogens with one attached hydrogen (secondary N) is 1. The predicted octanol–water partition coefficient (Wildman–Crippen LogP) is 6.10. The molecule has 0 bridgehead atoms. The number of aromatic nitrogens is 1. The Balaban J connectivity index is 2.08. The predicted molar refractivity (Wildman–Crippen MR) is 98.4 cm³/mol. The van der Waals surface area contributed by atoms with Crippen molar-refractivity contribution >= 4 is 12.2 Å². The second-order valence-corrected chi connectivity index (χ2v) is 6.99. The number of fused-ring (bicyclic) bond motifs is 1. The molecule has 0 saturated carbocycles. The van der Waals surface area contributed by atoms with E-state index in [1.165, 1.54) is 44.1 Å². The molecule has 1 aliphatic carbocycles. The molecule has 2 aromatic rings.